The molecule has 0 spiro atoms. The molecule has 9 N–H and O–H groups in total. The van der Waals surface area contributed by atoms with Gasteiger partial charge in [0.05, 0.1) is 6.04 Å². The van der Waals surface area contributed by atoms with Crippen molar-refractivity contribution in [2.75, 3.05) is 13.2 Å². The van der Waals surface area contributed by atoms with E-state index in [1.165, 1.54) is 116 Å². The third-order valence-corrected chi connectivity index (χ3v) is 8.63. The molecular formula is C28H62N2O9P2. The fraction of sp³-hybridized carbons (Fsp3) is 0.964. The molecule has 11 nitrogen and oxygen atoms in total. The molecule has 41 heavy (non-hydrogen) atoms. The maximum atomic E-state index is 12.0. The summed E-state index contributed by atoms with van der Waals surface area (Å²) in [5, 5.41) is 8.75. The van der Waals surface area contributed by atoms with Gasteiger partial charge in [0.1, 0.15) is 5.78 Å². The number of unbranched alkanes of at least 4 members (excludes halogenated alkanes) is 20. The van der Waals surface area contributed by atoms with E-state index in [-0.39, 0.29) is 11.8 Å². The maximum Gasteiger partial charge on any atom is 0.478 e. The van der Waals surface area contributed by atoms with Gasteiger partial charge in [0.15, 0.2) is 0 Å². The lowest BCUT2D eigenvalue weighted by molar-refractivity contribution is -0.120. The highest BCUT2D eigenvalue weighted by atomic mass is 31.3. The second-order valence-corrected chi connectivity index (χ2v) is 13.6. The van der Waals surface area contributed by atoms with E-state index in [2.05, 4.69) is 4.31 Å². The first-order chi connectivity index (χ1) is 19.4. The number of hydrogen-bond donors (Lipinski definition) is 7. The van der Waals surface area contributed by atoms with Crippen LogP contribution in [0.5, 0.6) is 0 Å². The molecule has 0 aliphatic heterocycles. The average Bonchev–Trinajstić information content (AvgIpc) is 2.87. The standard InChI is InChI=1S/C28H58N2O2.H4O7P2/c29-25-21-20-23-27(30)28(32)24-19-17-15-13-11-9-7-5-3-1-2-4-6-8-10-12-14-16-18-22-26-31;1-8(2,3)7-9(4,5)6/h27,31H,1-26,29-30H2;(H2,1,2,3)(H2,4,5,6)/t27-;/m0./s1. The molecule has 0 fully saturated rings. The van der Waals surface area contributed by atoms with Crippen LogP contribution in [-0.4, -0.2) is 49.7 Å². The van der Waals surface area contributed by atoms with Crippen molar-refractivity contribution < 1.29 is 42.9 Å². The van der Waals surface area contributed by atoms with Crippen LogP contribution in [-0.2, 0) is 18.2 Å². The van der Waals surface area contributed by atoms with Gasteiger partial charge >= 0.3 is 15.6 Å². The van der Waals surface area contributed by atoms with Gasteiger partial charge in [-0.2, -0.15) is 4.31 Å². The molecule has 1 atom stereocenters. The summed E-state index contributed by atoms with van der Waals surface area (Å²) in [4.78, 5) is 43.0. The molecule has 0 saturated heterocycles. The molecule has 248 valence electrons. The summed E-state index contributed by atoms with van der Waals surface area (Å²) >= 11 is 0. The molecule has 0 heterocycles. The monoisotopic (exact) mass is 632 g/mol. The average molecular weight is 633 g/mol. The fourth-order valence-corrected chi connectivity index (χ4v) is 5.69. The van der Waals surface area contributed by atoms with Crippen LogP contribution in [0.3, 0.4) is 0 Å². The summed E-state index contributed by atoms with van der Waals surface area (Å²) in [5.41, 5.74) is 11.4. The predicted octanol–water partition coefficient (Wildman–Crippen LogP) is 6.38. The van der Waals surface area contributed by atoms with E-state index in [1.807, 2.05) is 0 Å². The van der Waals surface area contributed by atoms with Crippen molar-refractivity contribution in [3.05, 3.63) is 0 Å². The molecular weight excluding hydrogens is 570 g/mol. The summed E-state index contributed by atoms with van der Waals surface area (Å²) in [7, 11) is -10.1. The smallest absolute Gasteiger partial charge is 0.396 e. The van der Waals surface area contributed by atoms with Crippen LogP contribution in [0.2, 0.25) is 0 Å². The minimum absolute atomic E-state index is 0.243. The SMILES string of the molecule is NCCCC[C@H](N)C(=O)CCCCCCCCCCCCCCCCCCCCCCO.O=P(O)(O)OP(=O)(O)O. The zero-order chi connectivity index (χ0) is 31.2. The Kier molecular flexibility index (Phi) is 31.3. The van der Waals surface area contributed by atoms with E-state index >= 15 is 0 Å². The molecule has 0 bridgehead atoms. The quantitative estimate of drug-likeness (QED) is 0.0354. The van der Waals surface area contributed by atoms with Gasteiger partial charge in [-0.05, 0) is 32.2 Å². The van der Waals surface area contributed by atoms with E-state index in [0.717, 1.165) is 32.1 Å². The highest BCUT2D eigenvalue weighted by Crippen LogP contribution is 2.53. The van der Waals surface area contributed by atoms with Crippen LogP contribution < -0.4 is 11.5 Å². The normalized spacial score (nSPS) is 12.7. The third kappa shape index (κ3) is 39.8. The van der Waals surface area contributed by atoms with Crippen LogP contribution in [0.25, 0.3) is 0 Å². The zero-order valence-corrected chi connectivity index (χ0v) is 27.2. The Morgan fingerprint density at radius 3 is 1.15 bits per heavy atom. The van der Waals surface area contributed by atoms with E-state index in [4.69, 9.17) is 36.1 Å². The Hall–Kier alpha value is -0.190. The van der Waals surface area contributed by atoms with Crippen LogP contribution in [0, 0.1) is 0 Å². The number of phosphoric acid groups is 2. The number of aliphatic hydroxyl groups is 1. The Balaban J connectivity index is 0. The second kappa shape index (κ2) is 29.9. The zero-order valence-electron chi connectivity index (χ0n) is 25.4. The van der Waals surface area contributed by atoms with E-state index < -0.39 is 15.6 Å². The van der Waals surface area contributed by atoms with Crippen LogP contribution >= 0.6 is 15.6 Å². The fourth-order valence-electron chi connectivity index (χ4n) is 4.59. The third-order valence-electron chi connectivity index (χ3n) is 6.93. The molecule has 0 unspecified atom stereocenters. The van der Waals surface area contributed by atoms with Gasteiger partial charge in [0.25, 0.3) is 0 Å². The van der Waals surface area contributed by atoms with E-state index in [0.29, 0.717) is 19.6 Å². The highest BCUT2D eigenvalue weighted by molar-refractivity contribution is 7.60. The minimum Gasteiger partial charge on any atom is -0.396 e. The molecule has 0 aromatic rings. The Labute approximate surface area is 249 Å². The van der Waals surface area contributed by atoms with Gasteiger partial charge in [0, 0.05) is 13.0 Å². The molecule has 0 amide bonds. The number of aliphatic hydroxyl groups excluding tert-OH is 1. The van der Waals surface area contributed by atoms with Crippen LogP contribution in [0.1, 0.15) is 154 Å². The number of ketones is 1. The van der Waals surface area contributed by atoms with Crippen molar-refractivity contribution in [2.24, 2.45) is 11.5 Å². The van der Waals surface area contributed by atoms with E-state index in [1.54, 1.807) is 0 Å². The van der Waals surface area contributed by atoms with Gasteiger partial charge in [-0.3, -0.25) is 4.79 Å². The first-order valence-electron chi connectivity index (χ1n) is 15.8. The Bertz CT molecular complexity index is 655. The predicted molar refractivity (Wildman–Crippen MR) is 165 cm³/mol. The minimum atomic E-state index is -5.05. The number of carbonyl (C=O) groups excluding carboxylic acids is 1. The first-order valence-corrected chi connectivity index (χ1v) is 18.9. The van der Waals surface area contributed by atoms with Crippen LogP contribution in [0.15, 0.2) is 0 Å². The summed E-state index contributed by atoms with van der Waals surface area (Å²) in [5.74, 6) is 0.243. The van der Waals surface area contributed by atoms with E-state index in [9.17, 15) is 13.9 Å². The van der Waals surface area contributed by atoms with Crippen molar-refractivity contribution in [3.8, 4) is 0 Å². The maximum absolute atomic E-state index is 12.0. The van der Waals surface area contributed by atoms with Crippen molar-refractivity contribution in [1.29, 1.82) is 0 Å². The molecule has 13 heteroatoms. The summed E-state index contributed by atoms with van der Waals surface area (Å²) in [6, 6.07) is -0.264. The summed E-state index contributed by atoms with van der Waals surface area (Å²) in [6.07, 6.45) is 29.8. The van der Waals surface area contributed by atoms with Crippen molar-refractivity contribution in [2.45, 2.75) is 160 Å². The number of carbonyl (C=O) groups is 1. The van der Waals surface area contributed by atoms with Crippen molar-refractivity contribution in [3.63, 3.8) is 0 Å². The first kappa shape index (κ1) is 42.9. The van der Waals surface area contributed by atoms with Crippen molar-refractivity contribution in [1.82, 2.24) is 0 Å². The Morgan fingerprint density at radius 1 is 0.561 bits per heavy atom. The Morgan fingerprint density at radius 2 is 0.878 bits per heavy atom. The van der Waals surface area contributed by atoms with Crippen LogP contribution in [0.4, 0.5) is 0 Å². The molecule has 0 aromatic heterocycles. The van der Waals surface area contributed by atoms with Crippen molar-refractivity contribution >= 4 is 21.4 Å². The second-order valence-electron chi connectivity index (χ2n) is 11.0. The highest BCUT2D eigenvalue weighted by Gasteiger charge is 2.28. The molecule has 0 aliphatic carbocycles. The van der Waals surface area contributed by atoms with Gasteiger partial charge < -0.3 is 36.1 Å². The molecule has 0 saturated carbocycles. The van der Waals surface area contributed by atoms with Gasteiger partial charge in [-0.25, -0.2) is 9.13 Å². The lowest BCUT2D eigenvalue weighted by atomic mass is 10.00. The number of rotatable bonds is 29. The van der Waals surface area contributed by atoms with Gasteiger partial charge in [-0.1, -0.05) is 122 Å². The number of hydrogen-bond acceptors (Lipinski definition) is 7. The summed E-state index contributed by atoms with van der Waals surface area (Å²) in [6.45, 7) is 1.05. The summed E-state index contributed by atoms with van der Waals surface area (Å²) < 4.78 is 22.2. The molecule has 0 aliphatic rings. The van der Waals surface area contributed by atoms with Gasteiger partial charge in [-0.15, -0.1) is 0 Å². The lowest BCUT2D eigenvalue weighted by Crippen LogP contribution is -2.30. The van der Waals surface area contributed by atoms with Gasteiger partial charge in [0.2, 0.25) is 0 Å². The number of nitrogens with two attached hydrogens (primary N) is 2. The molecule has 0 aromatic carbocycles. The largest absolute Gasteiger partial charge is 0.478 e. The molecule has 0 rings (SSSR count). The lowest BCUT2D eigenvalue weighted by Gasteiger charge is -2.10. The number of Topliss-reactive ketones (excluding diaryl/α,β-unsaturated/α-hetero) is 1. The topological polar surface area (TPSA) is 214 Å². The molecule has 0 radical (unpaired) electrons.